The number of aliphatic hydroxyl groups is 1. The lowest BCUT2D eigenvalue weighted by Gasteiger charge is -2.21. The van der Waals surface area contributed by atoms with Crippen LogP contribution in [0.4, 0.5) is 15.9 Å². The fraction of sp³-hybridized carbons (Fsp3) is 0.500. The molecule has 0 radical (unpaired) electrons. The number of nitrogens with one attached hydrogen (secondary N) is 2. The molecule has 1 amide bonds. The van der Waals surface area contributed by atoms with Gasteiger partial charge in [-0.2, -0.15) is 0 Å². The monoisotopic (exact) mass is 502 g/mol. The van der Waals surface area contributed by atoms with Crippen molar-refractivity contribution in [1.29, 1.82) is 0 Å². The number of thiazole rings is 1. The summed E-state index contributed by atoms with van der Waals surface area (Å²) in [6.07, 6.45) is 5.56. The van der Waals surface area contributed by atoms with Crippen LogP contribution >= 0.6 is 11.3 Å². The van der Waals surface area contributed by atoms with Gasteiger partial charge in [0, 0.05) is 19.0 Å². The van der Waals surface area contributed by atoms with Crippen molar-refractivity contribution >= 4 is 39.1 Å². The summed E-state index contributed by atoms with van der Waals surface area (Å²) in [5.74, 6) is 0.0603. The van der Waals surface area contributed by atoms with E-state index in [2.05, 4.69) is 30.5 Å². The molecule has 2 atom stereocenters. The summed E-state index contributed by atoms with van der Waals surface area (Å²) in [4.78, 5) is 28.2. The number of benzene rings is 1. The molecule has 0 unspecified atom stereocenters. The SMILES string of the molecule is CN(C)CCCNC(=O)c1nc2c(Nc3ccc(F)cc3O[C@@H]3CCCC[C@@H](O)C3)ncnc2s1. The Balaban J connectivity index is 1.52. The van der Waals surface area contributed by atoms with Crippen molar-refractivity contribution in [3.63, 3.8) is 0 Å². The van der Waals surface area contributed by atoms with Crippen LogP contribution in [0.5, 0.6) is 5.75 Å². The predicted octanol–water partition coefficient (Wildman–Crippen LogP) is 3.72. The summed E-state index contributed by atoms with van der Waals surface area (Å²) in [6, 6.07) is 4.24. The Hall–Kier alpha value is -2.89. The van der Waals surface area contributed by atoms with Crippen LogP contribution in [0.1, 0.15) is 48.3 Å². The lowest BCUT2D eigenvalue weighted by molar-refractivity contribution is 0.0950. The number of nitrogens with zero attached hydrogens (tertiary/aromatic N) is 4. The minimum Gasteiger partial charge on any atom is -0.488 e. The van der Waals surface area contributed by atoms with E-state index in [-0.39, 0.29) is 12.0 Å². The molecule has 4 rings (SSSR count). The summed E-state index contributed by atoms with van der Waals surface area (Å²) in [5, 5.41) is 16.5. The topological polar surface area (TPSA) is 113 Å². The Morgan fingerprint density at radius 1 is 1.29 bits per heavy atom. The minimum atomic E-state index is -0.422. The van der Waals surface area contributed by atoms with Crippen molar-refractivity contribution in [3.8, 4) is 5.75 Å². The van der Waals surface area contributed by atoms with Crippen molar-refractivity contribution in [2.45, 2.75) is 50.7 Å². The number of fused-ring (bicyclic) bond motifs is 1. The summed E-state index contributed by atoms with van der Waals surface area (Å²) in [6.45, 7) is 1.43. The molecule has 35 heavy (non-hydrogen) atoms. The van der Waals surface area contributed by atoms with Gasteiger partial charge in [-0.25, -0.2) is 19.3 Å². The lowest BCUT2D eigenvalue weighted by Crippen LogP contribution is -2.26. The van der Waals surface area contributed by atoms with Crippen molar-refractivity contribution in [2.24, 2.45) is 0 Å². The van der Waals surface area contributed by atoms with Gasteiger partial charge in [-0.05, 0) is 58.5 Å². The highest BCUT2D eigenvalue weighted by Gasteiger charge is 2.22. The molecule has 9 nitrogen and oxygen atoms in total. The first kappa shape index (κ1) is 25.2. The second-order valence-electron chi connectivity index (χ2n) is 8.99. The van der Waals surface area contributed by atoms with Crippen LogP contribution in [-0.2, 0) is 0 Å². The highest BCUT2D eigenvalue weighted by molar-refractivity contribution is 7.19. The quantitative estimate of drug-likeness (QED) is 0.300. The van der Waals surface area contributed by atoms with Gasteiger partial charge in [0.1, 0.15) is 34.3 Å². The lowest BCUT2D eigenvalue weighted by atomic mass is 10.1. The number of hydrogen-bond donors (Lipinski definition) is 3. The zero-order valence-electron chi connectivity index (χ0n) is 20.0. The molecule has 1 aliphatic carbocycles. The largest absolute Gasteiger partial charge is 0.488 e. The van der Waals surface area contributed by atoms with Gasteiger partial charge in [0.15, 0.2) is 10.8 Å². The normalized spacial score (nSPS) is 18.4. The third-order valence-electron chi connectivity index (χ3n) is 5.80. The Morgan fingerprint density at radius 2 is 2.11 bits per heavy atom. The molecule has 2 heterocycles. The number of carbonyl (C=O) groups is 1. The number of rotatable bonds is 9. The number of anilines is 2. The summed E-state index contributed by atoms with van der Waals surface area (Å²) >= 11 is 1.19. The van der Waals surface area contributed by atoms with Gasteiger partial charge in [0.25, 0.3) is 5.91 Å². The highest BCUT2D eigenvalue weighted by atomic mass is 32.1. The first-order chi connectivity index (χ1) is 16.9. The molecule has 0 aliphatic heterocycles. The molecule has 0 bridgehead atoms. The molecule has 0 saturated heterocycles. The fourth-order valence-corrected chi connectivity index (χ4v) is 4.84. The maximum Gasteiger partial charge on any atom is 0.280 e. The number of aliphatic hydroxyl groups excluding tert-OH is 1. The van der Waals surface area contributed by atoms with Crippen LogP contribution in [0.3, 0.4) is 0 Å². The number of amides is 1. The standard InChI is InChI=1S/C24H31FN6O3S/c1-31(2)11-5-10-26-22(33)24-30-20-21(27-14-28-23(20)35-24)29-18-9-8-15(25)12-19(18)34-17-7-4-3-6-16(32)13-17/h8-9,12,14,16-17,32H,3-7,10-11,13H2,1-2H3,(H,26,33)(H,27,28,29)/t16-,17-/m1/s1. The van der Waals surface area contributed by atoms with Crippen LogP contribution in [-0.4, -0.2) is 70.3 Å². The van der Waals surface area contributed by atoms with Gasteiger partial charge >= 0.3 is 0 Å². The highest BCUT2D eigenvalue weighted by Crippen LogP contribution is 2.34. The number of aromatic nitrogens is 3. The van der Waals surface area contributed by atoms with E-state index in [9.17, 15) is 14.3 Å². The van der Waals surface area contributed by atoms with Crippen LogP contribution in [0, 0.1) is 5.82 Å². The molecule has 188 valence electrons. The molecular formula is C24H31FN6O3S. The van der Waals surface area contributed by atoms with Crippen LogP contribution in [0.15, 0.2) is 24.5 Å². The van der Waals surface area contributed by atoms with Crippen molar-refractivity contribution in [3.05, 3.63) is 35.4 Å². The first-order valence-electron chi connectivity index (χ1n) is 11.8. The Kier molecular flexibility index (Phi) is 8.42. The predicted molar refractivity (Wildman–Crippen MR) is 134 cm³/mol. The van der Waals surface area contributed by atoms with E-state index >= 15 is 0 Å². The van der Waals surface area contributed by atoms with E-state index in [0.29, 0.717) is 45.6 Å². The maximum atomic E-state index is 14.1. The Labute approximate surface area is 207 Å². The summed E-state index contributed by atoms with van der Waals surface area (Å²) < 4.78 is 20.2. The van der Waals surface area contributed by atoms with E-state index in [1.165, 1.54) is 29.8 Å². The molecule has 1 saturated carbocycles. The van der Waals surface area contributed by atoms with Crippen LogP contribution in [0.25, 0.3) is 10.3 Å². The molecular weight excluding hydrogens is 471 g/mol. The molecule has 1 aromatic carbocycles. The van der Waals surface area contributed by atoms with E-state index in [0.717, 1.165) is 38.6 Å². The van der Waals surface area contributed by atoms with Crippen LogP contribution < -0.4 is 15.4 Å². The average Bonchev–Trinajstić information content (AvgIpc) is 3.16. The van der Waals surface area contributed by atoms with Gasteiger partial charge in [-0.1, -0.05) is 17.8 Å². The molecule has 11 heteroatoms. The summed E-state index contributed by atoms with van der Waals surface area (Å²) in [7, 11) is 3.97. The van der Waals surface area contributed by atoms with Gasteiger partial charge in [0.05, 0.1) is 11.8 Å². The molecule has 0 spiro atoms. The van der Waals surface area contributed by atoms with E-state index in [4.69, 9.17) is 4.74 Å². The zero-order valence-corrected chi connectivity index (χ0v) is 20.8. The molecule has 3 N–H and O–H groups in total. The minimum absolute atomic E-state index is 0.206. The molecule has 3 aromatic rings. The second-order valence-corrected chi connectivity index (χ2v) is 9.96. The van der Waals surface area contributed by atoms with Crippen molar-refractivity contribution in [2.75, 3.05) is 32.5 Å². The van der Waals surface area contributed by atoms with Crippen molar-refractivity contribution < 1.29 is 19.0 Å². The number of ether oxygens (including phenoxy) is 1. The summed E-state index contributed by atoms with van der Waals surface area (Å²) in [5.41, 5.74) is 0.976. The Bertz CT molecular complexity index is 1160. The third-order valence-corrected chi connectivity index (χ3v) is 6.76. The van der Waals surface area contributed by atoms with Crippen LogP contribution in [0.2, 0.25) is 0 Å². The van der Waals surface area contributed by atoms with Gasteiger partial charge in [-0.3, -0.25) is 4.79 Å². The van der Waals surface area contributed by atoms with Gasteiger partial charge in [-0.15, -0.1) is 0 Å². The smallest absolute Gasteiger partial charge is 0.280 e. The fourth-order valence-electron chi connectivity index (χ4n) is 4.02. The molecule has 1 aliphatic rings. The van der Waals surface area contributed by atoms with E-state index < -0.39 is 11.9 Å². The van der Waals surface area contributed by atoms with E-state index in [1.54, 1.807) is 6.07 Å². The third kappa shape index (κ3) is 6.83. The molecule has 1 fully saturated rings. The second kappa shape index (κ2) is 11.7. The first-order valence-corrected chi connectivity index (χ1v) is 12.7. The molecule has 2 aromatic heterocycles. The van der Waals surface area contributed by atoms with Crippen molar-refractivity contribution in [1.82, 2.24) is 25.2 Å². The number of halogens is 1. The number of hydrogen-bond acceptors (Lipinski definition) is 9. The zero-order chi connectivity index (χ0) is 24.8. The van der Waals surface area contributed by atoms with E-state index in [1.807, 2.05) is 14.1 Å². The average molecular weight is 503 g/mol. The van der Waals surface area contributed by atoms with Gasteiger partial charge in [0.2, 0.25) is 0 Å². The number of carbonyl (C=O) groups excluding carboxylic acids is 1. The Morgan fingerprint density at radius 3 is 2.94 bits per heavy atom. The maximum absolute atomic E-state index is 14.1. The van der Waals surface area contributed by atoms with Gasteiger partial charge < -0.3 is 25.4 Å².